The van der Waals surface area contributed by atoms with E-state index < -0.39 is 9.84 Å². The first kappa shape index (κ1) is 14.4. The molecule has 0 aromatic heterocycles. The van der Waals surface area contributed by atoms with E-state index in [9.17, 15) is 8.42 Å². The van der Waals surface area contributed by atoms with Crippen LogP contribution in [0.2, 0.25) is 0 Å². The van der Waals surface area contributed by atoms with Crippen LogP contribution in [-0.4, -0.2) is 8.42 Å². The fourth-order valence-electron chi connectivity index (χ4n) is 2.33. The van der Waals surface area contributed by atoms with Gasteiger partial charge in [-0.05, 0) is 35.4 Å². The monoisotopic (exact) mass is 309 g/mol. The van der Waals surface area contributed by atoms with Crippen LogP contribution in [0.15, 0.2) is 88.7 Å². The number of benzene rings is 3. The molecule has 0 spiro atoms. The topological polar surface area (TPSA) is 60.2 Å². The summed E-state index contributed by atoms with van der Waals surface area (Å²) < 4.78 is 25.2. The van der Waals surface area contributed by atoms with E-state index in [0.717, 1.165) is 11.1 Å². The molecule has 0 aliphatic heterocycles. The molecule has 0 aliphatic carbocycles. The lowest BCUT2D eigenvalue weighted by Gasteiger charge is -2.10. The number of rotatable bonds is 3. The summed E-state index contributed by atoms with van der Waals surface area (Å²) in [7, 11) is -3.59. The van der Waals surface area contributed by atoms with Gasteiger partial charge < -0.3 is 5.73 Å². The largest absolute Gasteiger partial charge is 0.398 e. The number of sulfone groups is 1. The first-order chi connectivity index (χ1) is 10.6. The van der Waals surface area contributed by atoms with Gasteiger partial charge in [-0.25, -0.2) is 8.42 Å². The van der Waals surface area contributed by atoms with E-state index in [1.807, 2.05) is 30.3 Å². The molecule has 0 heterocycles. The quantitative estimate of drug-likeness (QED) is 0.749. The van der Waals surface area contributed by atoms with Crippen molar-refractivity contribution in [1.82, 2.24) is 0 Å². The zero-order valence-electron chi connectivity index (χ0n) is 11.8. The minimum Gasteiger partial charge on any atom is -0.398 e. The summed E-state index contributed by atoms with van der Waals surface area (Å²) in [6.07, 6.45) is 0. The predicted molar refractivity (Wildman–Crippen MR) is 88.2 cm³/mol. The van der Waals surface area contributed by atoms with Crippen LogP contribution in [0.1, 0.15) is 0 Å². The maximum absolute atomic E-state index is 12.6. The van der Waals surface area contributed by atoms with Gasteiger partial charge in [-0.3, -0.25) is 0 Å². The summed E-state index contributed by atoms with van der Waals surface area (Å²) in [5.74, 6) is 0. The van der Waals surface area contributed by atoms with E-state index in [0.29, 0.717) is 0 Å². The summed E-state index contributed by atoms with van der Waals surface area (Å²) in [5.41, 5.74) is 8.15. The van der Waals surface area contributed by atoms with Crippen LogP contribution in [0.5, 0.6) is 0 Å². The van der Waals surface area contributed by atoms with Crippen LogP contribution in [-0.2, 0) is 9.84 Å². The number of hydrogen-bond donors (Lipinski definition) is 1. The Morgan fingerprint density at radius 2 is 1.27 bits per heavy atom. The average molecular weight is 309 g/mol. The average Bonchev–Trinajstić information content (AvgIpc) is 2.56. The third-order valence-electron chi connectivity index (χ3n) is 3.46. The zero-order chi connectivity index (χ0) is 15.6. The number of hydrogen-bond acceptors (Lipinski definition) is 3. The number of nitrogen functional groups attached to an aromatic ring is 1. The van der Waals surface area contributed by atoms with Crippen LogP contribution in [0.4, 0.5) is 5.69 Å². The van der Waals surface area contributed by atoms with E-state index >= 15 is 0 Å². The second-order valence-electron chi connectivity index (χ2n) is 4.94. The summed E-state index contributed by atoms with van der Waals surface area (Å²) >= 11 is 0. The van der Waals surface area contributed by atoms with Crippen molar-refractivity contribution in [3.63, 3.8) is 0 Å². The molecule has 0 saturated carbocycles. The lowest BCUT2D eigenvalue weighted by molar-refractivity contribution is 0.596. The minimum absolute atomic E-state index is 0.137. The van der Waals surface area contributed by atoms with E-state index in [1.54, 1.807) is 48.5 Å². The number of nitrogens with two attached hydrogens (primary N) is 1. The van der Waals surface area contributed by atoms with E-state index in [-0.39, 0.29) is 15.5 Å². The number of anilines is 1. The third kappa shape index (κ3) is 2.61. The van der Waals surface area contributed by atoms with Crippen LogP contribution in [0, 0.1) is 0 Å². The molecule has 3 nitrogen and oxygen atoms in total. The van der Waals surface area contributed by atoms with Gasteiger partial charge in [-0.15, -0.1) is 0 Å². The van der Waals surface area contributed by atoms with Crippen molar-refractivity contribution in [3.05, 3.63) is 78.9 Å². The van der Waals surface area contributed by atoms with Gasteiger partial charge >= 0.3 is 0 Å². The molecule has 0 fully saturated rings. The normalized spacial score (nSPS) is 11.3. The lowest BCUT2D eigenvalue weighted by Crippen LogP contribution is -2.05. The summed E-state index contributed by atoms with van der Waals surface area (Å²) in [6, 6.07) is 23.1. The molecule has 4 heteroatoms. The summed E-state index contributed by atoms with van der Waals surface area (Å²) in [6.45, 7) is 0. The minimum atomic E-state index is -3.59. The van der Waals surface area contributed by atoms with Gasteiger partial charge in [0.15, 0.2) is 0 Å². The van der Waals surface area contributed by atoms with Crippen molar-refractivity contribution in [2.75, 3.05) is 5.73 Å². The highest BCUT2D eigenvalue weighted by molar-refractivity contribution is 7.91. The maximum atomic E-state index is 12.6. The molecule has 110 valence electrons. The molecule has 22 heavy (non-hydrogen) atoms. The maximum Gasteiger partial charge on any atom is 0.208 e. The van der Waals surface area contributed by atoms with Crippen molar-refractivity contribution in [3.8, 4) is 11.1 Å². The second kappa shape index (κ2) is 5.66. The fraction of sp³-hybridized carbons (Fsp3) is 0. The van der Waals surface area contributed by atoms with Crippen molar-refractivity contribution in [1.29, 1.82) is 0 Å². The molecule has 0 unspecified atom stereocenters. The van der Waals surface area contributed by atoms with E-state index in [1.165, 1.54) is 0 Å². The first-order valence-electron chi connectivity index (χ1n) is 6.84. The molecule has 0 aliphatic rings. The van der Waals surface area contributed by atoms with Gasteiger partial charge in [0.05, 0.1) is 15.5 Å². The Bertz CT molecular complexity index is 889. The molecule has 0 bridgehead atoms. The predicted octanol–water partition coefficient (Wildman–Crippen LogP) is 3.77. The Morgan fingerprint density at radius 3 is 1.86 bits per heavy atom. The van der Waals surface area contributed by atoms with Gasteiger partial charge in [0.2, 0.25) is 9.84 Å². The highest BCUT2D eigenvalue weighted by Crippen LogP contribution is 2.30. The molecule has 0 atom stereocenters. The summed E-state index contributed by atoms with van der Waals surface area (Å²) in [4.78, 5) is 0.382. The Balaban J connectivity index is 2.07. The molecule has 2 N–H and O–H groups in total. The molecule has 3 aromatic carbocycles. The molecule has 0 amide bonds. The van der Waals surface area contributed by atoms with Crippen molar-refractivity contribution in [2.45, 2.75) is 9.79 Å². The summed E-state index contributed by atoms with van der Waals surface area (Å²) in [5, 5.41) is 0. The Kier molecular flexibility index (Phi) is 3.69. The fourth-order valence-corrected chi connectivity index (χ4v) is 3.72. The Labute approximate surface area is 130 Å². The lowest BCUT2D eigenvalue weighted by atomic mass is 10.1. The Hall–Kier alpha value is -2.59. The molecule has 0 radical (unpaired) electrons. The van der Waals surface area contributed by atoms with Crippen molar-refractivity contribution < 1.29 is 8.42 Å². The smallest absolute Gasteiger partial charge is 0.208 e. The SMILES string of the molecule is Nc1cc(-c2ccccc2)ccc1S(=O)(=O)c1ccccc1. The molecular formula is C18H15NO2S. The first-order valence-corrected chi connectivity index (χ1v) is 8.32. The Morgan fingerprint density at radius 1 is 0.682 bits per heavy atom. The van der Waals surface area contributed by atoms with Crippen LogP contribution in [0.25, 0.3) is 11.1 Å². The standard InChI is InChI=1S/C18H15NO2S/c19-17-13-15(14-7-3-1-4-8-14)11-12-18(17)22(20,21)16-9-5-2-6-10-16/h1-13H,19H2. The third-order valence-corrected chi connectivity index (χ3v) is 5.30. The van der Waals surface area contributed by atoms with Crippen LogP contribution >= 0.6 is 0 Å². The van der Waals surface area contributed by atoms with E-state index in [2.05, 4.69) is 0 Å². The molecule has 3 rings (SSSR count). The van der Waals surface area contributed by atoms with Gasteiger partial charge in [0, 0.05) is 0 Å². The van der Waals surface area contributed by atoms with Crippen molar-refractivity contribution >= 4 is 15.5 Å². The van der Waals surface area contributed by atoms with E-state index in [4.69, 9.17) is 5.73 Å². The van der Waals surface area contributed by atoms with Crippen LogP contribution < -0.4 is 5.73 Å². The van der Waals surface area contributed by atoms with Gasteiger partial charge in [0.1, 0.15) is 0 Å². The van der Waals surface area contributed by atoms with Gasteiger partial charge in [0.25, 0.3) is 0 Å². The zero-order valence-corrected chi connectivity index (χ0v) is 12.6. The second-order valence-corrected chi connectivity index (χ2v) is 6.85. The van der Waals surface area contributed by atoms with Gasteiger partial charge in [-0.2, -0.15) is 0 Å². The highest BCUT2D eigenvalue weighted by atomic mass is 32.2. The van der Waals surface area contributed by atoms with Crippen LogP contribution in [0.3, 0.4) is 0 Å². The van der Waals surface area contributed by atoms with Crippen molar-refractivity contribution in [2.24, 2.45) is 0 Å². The molecular weight excluding hydrogens is 294 g/mol. The highest BCUT2D eigenvalue weighted by Gasteiger charge is 2.20. The van der Waals surface area contributed by atoms with Gasteiger partial charge in [-0.1, -0.05) is 54.6 Å². The molecule has 0 saturated heterocycles. The molecule has 3 aromatic rings.